The molecule has 0 radical (unpaired) electrons. The summed E-state index contributed by atoms with van der Waals surface area (Å²) in [6, 6.07) is 0.666. The van der Waals surface area contributed by atoms with Crippen LogP contribution in [0.4, 0.5) is 0 Å². The standard InChI is InChI=1S/C9H20N2O/c1-3-12-7-6-11-5-4-10-8-9(11)2/h9-10H,3-8H2,1-2H3/t9-/m0/s1. The Kier molecular flexibility index (Phi) is 4.58. The van der Waals surface area contributed by atoms with Crippen molar-refractivity contribution < 1.29 is 4.74 Å². The van der Waals surface area contributed by atoms with E-state index in [9.17, 15) is 0 Å². The minimum absolute atomic E-state index is 0.666. The van der Waals surface area contributed by atoms with Crippen LogP contribution in [-0.4, -0.2) is 50.3 Å². The molecule has 1 atom stereocenters. The molecule has 1 N–H and O–H groups in total. The Morgan fingerprint density at radius 1 is 1.58 bits per heavy atom. The highest BCUT2D eigenvalue weighted by atomic mass is 16.5. The molecule has 3 nitrogen and oxygen atoms in total. The predicted molar refractivity (Wildman–Crippen MR) is 50.4 cm³/mol. The Hall–Kier alpha value is -0.120. The minimum atomic E-state index is 0.666. The molecule has 0 spiro atoms. The number of hydrogen-bond donors (Lipinski definition) is 1. The molecule has 0 amide bonds. The zero-order chi connectivity index (χ0) is 8.81. The summed E-state index contributed by atoms with van der Waals surface area (Å²) in [5.74, 6) is 0. The van der Waals surface area contributed by atoms with Crippen LogP contribution >= 0.6 is 0 Å². The van der Waals surface area contributed by atoms with Crippen LogP contribution in [0, 0.1) is 0 Å². The summed E-state index contributed by atoms with van der Waals surface area (Å²) in [6.45, 7) is 10.5. The molecule has 3 heteroatoms. The van der Waals surface area contributed by atoms with E-state index in [4.69, 9.17) is 4.74 Å². The second kappa shape index (κ2) is 5.51. The second-order valence-corrected chi connectivity index (χ2v) is 3.29. The van der Waals surface area contributed by atoms with E-state index in [1.54, 1.807) is 0 Å². The Labute approximate surface area is 75.1 Å². The quantitative estimate of drug-likeness (QED) is 0.618. The molecule has 1 rings (SSSR count). The van der Waals surface area contributed by atoms with Gasteiger partial charge >= 0.3 is 0 Å². The number of nitrogens with zero attached hydrogens (tertiary/aromatic N) is 1. The van der Waals surface area contributed by atoms with Crippen molar-refractivity contribution in [2.75, 3.05) is 39.4 Å². The van der Waals surface area contributed by atoms with Gasteiger partial charge < -0.3 is 10.1 Å². The Morgan fingerprint density at radius 2 is 2.42 bits per heavy atom. The predicted octanol–water partition coefficient (Wildman–Crippen LogP) is 0.317. The first-order valence-electron chi connectivity index (χ1n) is 4.87. The molecule has 0 unspecified atom stereocenters. The van der Waals surface area contributed by atoms with Crippen LogP contribution in [0.5, 0.6) is 0 Å². The van der Waals surface area contributed by atoms with E-state index in [1.807, 2.05) is 6.92 Å². The second-order valence-electron chi connectivity index (χ2n) is 3.29. The van der Waals surface area contributed by atoms with E-state index >= 15 is 0 Å². The molecule has 72 valence electrons. The molecule has 0 bridgehead atoms. The van der Waals surface area contributed by atoms with Gasteiger partial charge in [0.05, 0.1) is 6.61 Å². The van der Waals surface area contributed by atoms with Crippen molar-refractivity contribution in [2.24, 2.45) is 0 Å². The van der Waals surface area contributed by atoms with Gasteiger partial charge in [0.1, 0.15) is 0 Å². The lowest BCUT2D eigenvalue weighted by Crippen LogP contribution is -2.50. The molecule has 0 aromatic carbocycles. The van der Waals surface area contributed by atoms with E-state index < -0.39 is 0 Å². The van der Waals surface area contributed by atoms with Gasteiger partial charge in [-0.3, -0.25) is 4.90 Å². The van der Waals surface area contributed by atoms with E-state index in [2.05, 4.69) is 17.1 Å². The average Bonchev–Trinajstić information content (AvgIpc) is 2.09. The Balaban J connectivity index is 2.11. The van der Waals surface area contributed by atoms with Crippen LogP contribution in [0.1, 0.15) is 13.8 Å². The maximum absolute atomic E-state index is 5.32. The topological polar surface area (TPSA) is 24.5 Å². The van der Waals surface area contributed by atoms with Gasteiger partial charge in [0.2, 0.25) is 0 Å². The van der Waals surface area contributed by atoms with E-state index in [1.165, 1.54) is 0 Å². The normalized spacial score (nSPS) is 26.0. The van der Waals surface area contributed by atoms with Crippen LogP contribution in [-0.2, 0) is 4.74 Å². The summed E-state index contributed by atoms with van der Waals surface area (Å²) < 4.78 is 5.32. The highest BCUT2D eigenvalue weighted by Gasteiger charge is 2.16. The fourth-order valence-corrected chi connectivity index (χ4v) is 1.54. The summed E-state index contributed by atoms with van der Waals surface area (Å²) in [4.78, 5) is 2.48. The molecule has 1 saturated heterocycles. The van der Waals surface area contributed by atoms with Crippen molar-refractivity contribution in [3.63, 3.8) is 0 Å². The summed E-state index contributed by atoms with van der Waals surface area (Å²) in [5.41, 5.74) is 0. The average molecular weight is 172 g/mol. The van der Waals surface area contributed by atoms with Crippen LogP contribution in [0.2, 0.25) is 0 Å². The van der Waals surface area contributed by atoms with E-state index in [0.29, 0.717) is 6.04 Å². The van der Waals surface area contributed by atoms with Gasteiger partial charge in [0, 0.05) is 38.8 Å². The van der Waals surface area contributed by atoms with Gasteiger partial charge in [0.15, 0.2) is 0 Å². The number of hydrogen-bond acceptors (Lipinski definition) is 3. The fourth-order valence-electron chi connectivity index (χ4n) is 1.54. The number of rotatable bonds is 4. The van der Waals surface area contributed by atoms with Crippen LogP contribution in [0.3, 0.4) is 0 Å². The van der Waals surface area contributed by atoms with Gasteiger partial charge in [-0.2, -0.15) is 0 Å². The molecule has 1 aliphatic rings. The molecule has 12 heavy (non-hydrogen) atoms. The van der Waals surface area contributed by atoms with Crippen molar-refractivity contribution in [3.8, 4) is 0 Å². The lowest BCUT2D eigenvalue weighted by atomic mass is 10.2. The monoisotopic (exact) mass is 172 g/mol. The summed E-state index contributed by atoms with van der Waals surface area (Å²) >= 11 is 0. The van der Waals surface area contributed by atoms with Crippen molar-refractivity contribution in [1.82, 2.24) is 10.2 Å². The first kappa shape index (κ1) is 9.96. The van der Waals surface area contributed by atoms with Crippen molar-refractivity contribution in [2.45, 2.75) is 19.9 Å². The summed E-state index contributed by atoms with van der Waals surface area (Å²) in [6.07, 6.45) is 0. The van der Waals surface area contributed by atoms with E-state index in [-0.39, 0.29) is 0 Å². The van der Waals surface area contributed by atoms with E-state index in [0.717, 1.165) is 39.4 Å². The van der Waals surface area contributed by atoms with Gasteiger partial charge in [-0.25, -0.2) is 0 Å². The smallest absolute Gasteiger partial charge is 0.0593 e. The number of nitrogens with one attached hydrogen (secondary N) is 1. The SMILES string of the molecule is CCOCCN1CCNC[C@@H]1C. The number of ether oxygens (including phenoxy) is 1. The Bertz CT molecular complexity index is 119. The largest absolute Gasteiger partial charge is 0.380 e. The molecule has 1 fully saturated rings. The van der Waals surface area contributed by atoms with Gasteiger partial charge in [0.25, 0.3) is 0 Å². The third-order valence-electron chi connectivity index (χ3n) is 2.37. The van der Waals surface area contributed by atoms with Crippen LogP contribution in [0.15, 0.2) is 0 Å². The first-order valence-corrected chi connectivity index (χ1v) is 4.87. The third kappa shape index (κ3) is 3.09. The zero-order valence-electron chi connectivity index (χ0n) is 8.18. The third-order valence-corrected chi connectivity index (χ3v) is 2.37. The Morgan fingerprint density at radius 3 is 3.08 bits per heavy atom. The molecular weight excluding hydrogens is 152 g/mol. The van der Waals surface area contributed by atoms with Crippen molar-refractivity contribution in [1.29, 1.82) is 0 Å². The summed E-state index contributed by atoms with van der Waals surface area (Å²) in [7, 11) is 0. The number of piperazine rings is 1. The maximum Gasteiger partial charge on any atom is 0.0593 e. The first-order chi connectivity index (χ1) is 5.84. The lowest BCUT2D eigenvalue weighted by molar-refractivity contribution is 0.0879. The van der Waals surface area contributed by atoms with Crippen LogP contribution < -0.4 is 5.32 Å². The molecule has 0 aromatic heterocycles. The maximum atomic E-state index is 5.32. The molecule has 0 saturated carbocycles. The summed E-state index contributed by atoms with van der Waals surface area (Å²) in [5, 5.41) is 3.37. The molecule has 1 aliphatic heterocycles. The molecule has 0 aromatic rings. The zero-order valence-corrected chi connectivity index (χ0v) is 8.18. The molecule has 0 aliphatic carbocycles. The lowest BCUT2D eigenvalue weighted by Gasteiger charge is -2.33. The molecular formula is C9H20N2O. The fraction of sp³-hybridized carbons (Fsp3) is 1.00. The molecule has 1 heterocycles. The highest BCUT2D eigenvalue weighted by Crippen LogP contribution is 2.00. The van der Waals surface area contributed by atoms with Gasteiger partial charge in [-0.1, -0.05) is 0 Å². The minimum Gasteiger partial charge on any atom is -0.380 e. The van der Waals surface area contributed by atoms with Gasteiger partial charge in [-0.05, 0) is 13.8 Å². The van der Waals surface area contributed by atoms with Gasteiger partial charge in [-0.15, -0.1) is 0 Å². The van der Waals surface area contributed by atoms with Crippen LogP contribution in [0.25, 0.3) is 0 Å². The van der Waals surface area contributed by atoms with Crippen molar-refractivity contribution >= 4 is 0 Å². The van der Waals surface area contributed by atoms with Crippen molar-refractivity contribution in [3.05, 3.63) is 0 Å². The highest BCUT2D eigenvalue weighted by molar-refractivity contribution is 4.75.